The molecule has 1 spiro atoms. The summed E-state index contributed by atoms with van der Waals surface area (Å²) >= 11 is 0. The van der Waals surface area contributed by atoms with E-state index in [4.69, 9.17) is 0 Å². The van der Waals surface area contributed by atoms with E-state index in [-0.39, 0.29) is 23.1 Å². The van der Waals surface area contributed by atoms with Gasteiger partial charge in [-0.25, -0.2) is 30.7 Å². The van der Waals surface area contributed by atoms with Crippen LogP contribution in [0.2, 0.25) is 0 Å². The third-order valence-electron chi connectivity index (χ3n) is 5.92. The van der Waals surface area contributed by atoms with Crippen molar-refractivity contribution in [2.24, 2.45) is 5.41 Å². The molecule has 4 rings (SSSR count). The molecule has 0 aromatic heterocycles. The van der Waals surface area contributed by atoms with Crippen LogP contribution >= 0.6 is 0 Å². The fourth-order valence-electron chi connectivity index (χ4n) is 4.21. The minimum Gasteiger partial charge on any atom is -0.311 e. The van der Waals surface area contributed by atoms with Gasteiger partial charge in [-0.15, -0.1) is 0 Å². The fourth-order valence-corrected chi connectivity index (χ4v) is 5.08. The van der Waals surface area contributed by atoms with E-state index >= 15 is 4.39 Å². The lowest BCUT2D eigenvalue weighted by atomic mass is 9.91. The van der Waals surface area contributed by atoms with Crippen molar-refractivity contribution in [3.05, 3.63) is 59.2 Å². The lowest BCUT2D eigenvalue weighted by Crippen LogP contribution is -2.49. The maximum atomic E-state index is 15.2. The van der Waals surface area contributed by atoms with Crippen LogP contribution in [0.1, 0.15) is 18.4 Å². The van der Waals surface area contributed by atoms with Gasteiger partial charge in [0, 0.05) is 35.7 Å². The zero-order valence-electron chi connectivity index (χ0n) is 15.9. The van der Waals surface area contributed by atoms with Gasteiger partial charge in [-0.1, -0.05) is 0 Å². The normalized spacial score (nSPS) is 22.4. The van der Waals surface area contributed by atoms with Crippen LogP contribution < -0.4 is 10.0 Å². The van der Waals surface area contributed by atoms with E-state index in [1.807, 2.05) is 4.72 Å². The number of rotatable bonds is 6. The maximum Gasteiger partial charge on any atom is 0.350 e. The van der Waals surface area contributed by atoms with Crippen molar-refractivity contribution in [3.63, 3.8) is 0 Å². The molecule has 2 aromatic carbocycles. The Morgan fingerprint density at radius 1 is 1.00 bits per heavy atom. The molecule has 2 atom stereocenters. The minimum atomic E-state index is -4.89. The Balaban J connectivity index is 1.67. The summed E-state index contributed by atoms with van der Waals surface area (Å²) in [6, 6.07) is 2.31. The van der Waals surface area contributed by atoms with E-state index in [1.165, 1.54) is 0 Å². The Hall–Kier alpha value is -2.11. The standard InChI is InChI=1S/C20H18F6N2O2S/c21-12-3-10(4-13(22)7-12)15-8-14(23)5-11(17(15)24)6-16-18(20(1-2-20)9-27-16)28-31(29,30)19(25)26/h3-5,7-8,16,18-19,27-28H,1-2,6,9H2/t16-,18+/m0/s1. The van der Waals surface area contributed by atoms with Gasteiger partial charge in [-0.3, -0.25) is 0 Å². The molecule has 4 nitrogen and oxygen atoms in total. The molecule has 0 bridgehead atoms. The van der Waals surface area contributed by atoms with Crippen molar-refractivity contribution < 1.29 is 34.8 Å². The van der Waals surface area contributed by atoms with Crippen LogP contribution in [0.15, 0.2) is 30.3 Å². The second-order valence-electron chi connectivity index (χ2n) is 8.04. The van der Waals surface area contributed by atoms with Crippen LogP contribution in [-0.2, 0) is 16.4 Å². The molecule has 1 heterocycles. The molecule has 2 aliphatic rings. The largest absolute Gasteiger partial charge is 0.350 e. The van der Waals surface area contributed by atoms with Gasteiger partial charge >= 0.3 is 5.76 Å². The summed E-state index contributed by atoms with van der Waals surface area (Å²) in [6.07, 6.45) is 0.991. The molecule has 1 aliphatic heterocycles. The smallest absolute Gasteiger partial charge is 0.311 e. The zero-order valence-corrected chi connectivity index (χ0v) is 16.8. The monoisotopic (exact) mass is 464 g/mol. The molecule has 1 saturated heterocycles. The molecule has 168 valence electrons. The van der Waals surface area contributed by atoms with Crippen molar-refractivity contribution in [1.82, 2.24) is 10.0 Å². The van der Waals surface area contributed by atoms with Gasteiger partial charge < -0.3 is 5.32 Å². The number of sulfonamides is 1. The topological polar surface area (TPSA) is 58.2 Å². The molecule has 31 heavy (non-hydrogen) atoms. The molecule has 11 heteroatoms. The highest BCUT2D eigenvalue weighted by molar-refractivity contribution is 7.89. The Labute approximate surface area is 174 Å². The maximum absolute atomic E-state index is 15.2. The van der Waals surface area contributed by atoms with Crippen LogP contribution in [0, 0.1) is 28.7 Å². The average molecular weight is 464 g/mol. The average Bonchev–Trinajstić information content (AvgIpc) is 3.38. The highest BCUT2D eigenvalue weighted by atomic mass is 32.2. The molecule has 2 aromatic rings. The van der Waals surface area contributed by atoms with E-state index in [9.17, 15) is 30.4 Å². The first-order chi connectivity index (χ1) is 14.5. The third kappa shape index (κ3) is 4.31. The van der Waals surface area contributed by atoms with Gasteiger partial charge in [0.15, 0.2) is 0 Å². The number of hydrogen-bond acceptors (Lipinski definition) is 3. The van der Waals surface area contributed by atoms with Crippen LogP contribution in [0.5, 0.6) is 0 Å². The Kier molecular flexibility index (Phi) is 5.55. The molecule has 0 radical (unpaired) electrons. The Bertz CT molecular complexity index is 1100. The van der Waals surface area contributed by atoms with Crippen LogP contribution in [-0.4, -0.2) is 32.8 Å². The molecular formula is C20H18F6N2O2S. The van der Waals surface area contributed by atoms with Gasteiger partial charge in [0.05, 0.1) is 0 Å². The fraction of sp³-hybridized carbons (Fsp3) is 0.400. The molecule has 1 aliphatic carbocycles. The quantitative estimate of drug-likeness (QED) is 0.641. The van der Waals surface area contributed by atoms with Crippen molar-refractivity contribution >= 4 is 10.0 Å². The lowest BCUT2D eigenvalue weighted by Gasteiger charge is -2.25. The van der Waals surface area contributed by atoms with Crippen molar-refractivity contribution in [3.8, 4) is 11.1 Å². The van der Waals surface area contributed by atoms with Gasteiger partial charge in [-0.2, -0.15) is 8.78 Å². The first-order valence-corrected chi connectivity index (χ1v) is 11.0. The third-order valence-corrected chi connectivity index (χ3v) is 6.97. The summed E-state index contributed by atoms with van der Waals surface area (Å²) in [5.74, 6) is -7.34. The van der Waals surface area contributed by atoms with Gasteiger partial charge in [0.2, 0.25) is 0 Å². The number of alkyl halides is 2. The summed E-state index contributed by atoms with van der Waals surface area (Å²) in [5, 5.41) is 3.01. The lowest BCUT2D eigenvalue weighted by molar-refractivity contribution is 0.229. The summed E-state index contributed by atoms with van der Waals surface area (Å²) in [6.45, 7) is 0.340. The highest BCUT2D eigenvalue weighted by Crippen LogP contribution is 2.52. The highest BCUT2D eigenvalue weighted by Gasteiger charge is 2.57. The van der Waals surface area contributed by atoms with Gasteiger partial charge in [0.1, 0.15) is 23.3 Å². The molecule has 2 N–H and O–H groups in total. The summed E-state index contributed by atoms with van der Waals surface area (Å²) in [4.78, 5) is 0. The molecule has 1 saturated carbocycles. The van der Waals surface area contributed by atoms with Gasteiger partial charge in [0.25, 0.3) is 10.0 Å². The predicted molar refractivity (Wildman–Crippen MR) is 101 cm³/mol. The SMILES string of the molecule is O=S(=O)(N[C@@H]1[C@H](Cc2cc(F)cc(-c3cc(F)cc(F)c3)c2F)NCC12CC2)C(F)F. The summed E-state index contributed by atoms with van der Waals surface area (Å²) in [5.41, 5.74) is -1.29. The van der Waals surface area contributed by atoms with Crippen molar-refractivity contribution in [2.45, 2.75) is 37.1 Å². The number of benzene rings is 2. The van der Waals surface area contributed by atoms with E-state index in [0.717, 1.165) is 24.3 Å². The summed E-state index contributed by atoms with van der Waals surface area (Å²) < 4.78 is 108. The molecular weight excluding hydrogens is 446 g/mol. The van der Waals surface area contributed by atoms with Crippen molar-refractivity contribution in [2.75, 3.05) is 6.54 Å². The molecule has 0 amide bonds. The second-order valence-corrected chi connectivity index (χ2v) is 9.72. The van der Waals surface area contributed by atoms with E-state index in [0.29, 0.717) is 25.5 Å². The van der Waals surface area contributed by atoms with Crippen LogP contribution in [0.25, 0.3) is 11.1 Å². The Morgan fingerprint density at radius 3 is 2.19 bits per heavy atom. The predicted octanol–water partition coefficient (Wildman–Crippen LogP) is 3.72. The molecule has 0 unspecified atom stereocenters. The Morgan fingerprint density at radius 2 is 1.61 bits per heavy atom. The van der Waals surface area contributed by atoms with E-state index < -0.39 is 56.5 Å². The van der Waals surface area contributed by atoms with Gasteiger partial charge in [-0.05, 0) is 54.7 Å². The van der Waals surface area contributed by atoms with Crippen molar-refractivity contribution in [1.29, 1.82) is 0 Å². The first-order valence-electron chi connectivity index (χ1n) is 9.48. The number of hydrogen-bond donors (Lipinski definition) is 2. The van der Waals surface area contributed by atoms with Crippen LogP contribution in [0.3, 0.4) is 0 Å². The van der Waals surface area contributed by atoms with E-state index in [1.54, 1.807) is 0 Å². The summed E-state index contributed by atoms with van der Waals surface area (Å²) in [7, 11) is -4.89. The molecule has 2 fully saturated rings. The van der Waals surface area contributed by atoms with Crippen LogP contribution in [0.4, 0.5) is 26.3 Å². The second kappa shape index (κ2) is 7.79. The number of halogens is 6. The minimum absolute atomic E-state index is 0.170. The number of nitrogens with one attached hydrogen (secondary N) is 2. The zero-order chi connectivity index (χ0) is 22.6. The van der Waals surface area contributed by atoms with E-state index in [2.05, 4.69) is 5.32 Å². The first kappa shape index (κ1) is 22.1.